The average molecular weight is 311 g/mol. The molecular weight excluding hydrogens is 290 g/mol. The molecule has 4 nitrogen and oxygen atoms in total. The highest BCUT2D eigenvalue weighted by molar-refractivity contribution is 5.89. The second-order valence-corrected chi connectivity index (χ2v) is 5.64. The van der Waals surface area contributed by atoms with Crippen LogP contribution in [0.15, 0.2) is 54.6 Å². The summed E-state index contributed by atoms with van der Waals surface area (Å²) >= 11 is 0. The summed E-state index contributed by atoms with van der Waals surface area (Å²) in [5.41, 5.74) is 1.15. The monoisotopic (exact) mass is 311 g/mol. The van der Waals surface area contributed by atoms with E-state index in [1.807, 2.05) is 37.3 Å². The first kappa shape index (κ1) is 16.7. The van der Waals surface area contributed by atoms with Gasteiger partial charge in [0.25, 0.3) is 0 Å². The van der Waals surface area contributed by atoms with Crippen LogP contribution in [0.3, 0.4) is 0 Å². The largest absolute Gasteiger partial charge is 0.479 e. The van der Waals surface area contributed by atoms with Crippen LogP contribution in [-0.2, 0) is 21.5 Å². The van der Waals surface area contributed by atoms with Crippen molar-refractivity contribution in [1.82, 2.24) is 5.32 Å². The van der Waals surface area contributed by atoms with Gasteiger partial charge in [0.15, 0.2) is 5.54 Å². The van der Waals surface area contributed by atoms with Gasteiger partial charge in [0.2, 0.25) is 5.91 Å². The van der Waals surface area contributed by atoms with Crippen molar-refractivity contribution in [3.05, 3.63) is 71.3 Å². The summed E-state index contributed by atoms with van der Waals surface area (Å²) in [6.45, 7) is 3.74. The van der Waals surface area contributed by atoms with Crippen LogP contribution in [0.1, 0.15) is 30.0 Å². The molecule has 0 aromatic heterocycles. The van der Waals surface area contributed by atoms with Crippen LogP contribution in [0.25, 0.3) is 0 Å². The highest BCUT2D eigenvalue weighted by Gasteiger charge is 2.40. The van der Waals surface area contributed by atoms with Crippen LogP contribution in [0, 0.1) is 6.92 Å². The van der Waals surface area contributed by atoms with Crippen LogP contribution in [-0.4, -0.2) is 17.0 Å². The molecule has 0 aliphatic carbocycles. The van der Waals surface area contributed by atoms with E-state index < -0.39 is 11.5 Å². The van der Waals surface area contributed by atoms with E-state index in [1.54, 1.807) is 31.2 Å². The molecule has 1 unspecified atom stereocenters. The molecule has 0 heterocycles. The molecule has 0 saturated carbocycles. The van der Waals surface area contributed by atoms with Crippen molar-refractivity contribution < 1.29 is 14.7 Å². The van der Waals surface area contributed by atoms with E-state index in [-0.39, 0.29) is 18.7 Å². The van der Waals surface area contributed by atoms with Gasteiger partial charge in [-0.05, 0) is 24.5 Å². The molecule has 0 fully saturated rings. The Balaban J connectivity index is 2.22. The van der Waals surface area contributed by atoms with Crippen LogP contribution >= 0.6 is 0 Å². The fraction of sp³-hybridized carbons (Fsp3) is 0.263. The van der Waals surface area contributed by atoms with Crippen molar-refractivity contribution in [2.45, 2.75) is 32.2 Å². The van der Waals surface area contributed by atoms with Crippen LogP contribution in [0.4, 0.5) is 0 Å². The minimum atomic E-state index is -1.40. The van der Waals surface area contributed by atoms with Gasteiger partial charge in [-0.3, -0.25) is 4.79 Å². The lowest BCUT2D eigenvalue weighted by molar-refractivity contribution is -0.148. The molecule has 120 valence electrons. The lowest BCUT2D eigenvalue weighted by Gasteiger charge is -2.30. The second-order valence-electron chi connectivity index (χ2n) is 5.64. The average Bonchev–Trinajstić information content (AvgIpc) is 2.55. The van der Waals surface area contributed by atoms with Gasteiger partial charge in [0, 0.05) is 0 Å². The molecular formula is C19H21NO3. The summed E-state index contributed by atoms with van der Waals surface area (Å²) < 4.78 is 0. The van der Waals surface area contributed by atoms with E-state index in [2.05, 4.69) is 5.32 Å². The Hall–Kier alpha value is -2.62. The Labute approximate surface area is 136 Å². The van der Waals surface area contributed by atoms with E-state index in [4.69, 9.17) is 0 Å². The molecule has 1 amide bonds. The van der Waals surface area contributed by atoms with Gasteiger partial charge in [-0.15, -0.1) is 0 Å². The molecule has 0 bridgehead atoms. The number of carboxylic acids is 1. The Bertz CT molecular complexity index is 680. The van der Waals surface area contributed by atoms with Crippen molar-refractivity contribution >= 4 is 11.9 Å². The zero-order valence-corrected chi connectivity index (χ0v) is 13.4. The lowest BCUT2D eigenvalue weighted by atomic mass is 9.87. The normalized spacial score (nSPS) is 13.1. The Kier molecular flexibility index (Phi) is 5.16. The van der Waals surface area contributed by atoms with Gasteiger partial charge >= 0.3 is 5.97 Å². The molecule has 2 aromatic carbocycles. The van der Waals surface area contributed by atoms with E-state index in [1.165, 1.54) is 0 Å². The number of benzene rings is 2. The van der Waals surface area contributed by atoms with Crippen molar-refractivity contribution in [2.75, 3.05) is 0 Å². The maximum absolute atomic E-state index is 12.4. The van der Waals surface area contributed by atoms with Crippen LogP contribution < -0.4 is 5.32 Å². The maximum Gasteiger partial charge on any atom is 0.334 e. The van der Waals surface area contributed by atoms with E-state index in [0.717, 1.165) is 11.1 Å². The first-order valence-electron chi connectivity index (χ1n) is 7.63. The number of aryl methyl sites for hydroxylation is 1. The van der Waals surface area contributed by atoms with Crippen molar-refractivity contribution in [3.63, 3.8) is 0 Å². The minimum absolute atomic E-state index is 0.155. The fourth-order valence-corrected chi connectivity index (χ4v) is 2.59. The lowest BCUT2D eigenvalue weighted by Crippen LogP contribution is -2.52. The van der Waals surface area contributed by atoms with E-state index >= 15 is 0 Å². The molecule has 2 aromatic rings. The summed E-state index contributed by atoms with van der Waals surface area (Å²) in [7, 11) is 0. The first-order valence-corrected chi connectivity index (χ1v) is 7.63. The van der Waals surface area contributed by atoms with Gasteiger partial charge in [-0.1, -0.05) is 67.1 Å². The van der Waals surface area contributed by atoms with Crippen LogP contribution in [0.2, 0.25) is 0 Å². The third-order valence-corrected chi connectivity index (χ3v) is 4.00. The topological polar surface area (TPSA) is 66.4 Å². The van der Waals surface area contributed by atoms with E-state index in [9.17, 15) is 14.7 Å². The molecule has 2 N–H and O–H groups in total. The number of hydrogen-bond donors (Lipinski definition) is 2. The minimum Gasteiger partial charge on any atom is -0.479 e. The quantitative estimate of drug-likeness (QED) is 0.861. The highest BCUT2D eigenvalue weighted by atomic mass is 16.4. The molecule has 0 aliphatic rings. The maximum atomic E-state index is 12.4. The zero-order valence-electron chi connectivity index (χ0n) is 13.4. The molecule has 0 spiro atoms. The van der Waals surface area contributed by atoms with Crippen molar-refractivity contribution in [2.24, 2.45) is 0 Å². The first-order chi connectivity index (χ1) is 11.0. The molecule has 0 saturated heterocycles. The second kappa shape index (κ2) is 7.09. The van der Waals surface area contributed by atoms with Crippen molar-refractivity contribution in [1.29, 1.82) is 0 Å². The Morgan fingerprint density at radius 2 is 1.65 bits per heavy atom. The zero-order chi connectivity index (χ0) is 16.9. The number of carboxylic acid groups (broad SMARTS) is 1. The molecule has 2 rings (SSSR count). The molecule has 0 radical (unpaired) electrons. The van der Waals surface area contributed by atoms with Gasteiger partial charge in [-0.25, -0.2) is 4.79 Å². The van der Waals surface area contributed by atoms with Gasteiger partial charge in [0.1, 0.15) is 0 Å². The number of rotatable bonds is 6. The fourth-order valence-electron chi connectivity index (χ4n) is 2.59. The third-order valence-electron chi connectivity index (χ3n) is 4.00. The summed E-state index contributed by atoms with van der Waals surface area (Å²) in [5, 5.41) is 12.4. The summed E-state index contributed by atoms with van der Waals surface area (Å²) in [5.74, 6) is -1.36. The third kappa shape index (κ3) is 3.77. The summed E-state index contributed by atoms with van der Waals surface area (Å²) in [6.07, 6.45) is 0.425. The predicted octanol–water partition coefficient (Wildman–Crippen LogP) is 3.04. The predicted molar refractivity (Wildman–Crippen MR) is 89.1 cm³/mol. The number of carbonyl (C=O) groups is 2. The molecule has 1 atom stereocenters. The number of hydrogen-bond acceptors (Lipinski definition) is 2. The van der Waals surface area contributed by atoms with E-state index in [0.29, 0.717) is 5.56 Å². The molecule has 23 heavy (non-hydrogen) atoms. The number of nitrogens with one attached hydrogen (secondary N) is 1. The molecule has 4 heteroatoms. The smallest absolute Gasteiger partial charge is 0.334 e. The number of carbonyl (C=O) groups excluding carboxylic acids is 1. The number of amides is 1. The Morgan fingerprint density at radius 1 is 1.04 bits per heavy atom. The summed E-state index contributed by atoms with van der Waals surface area (Å²) in [6, 6.07) is 16.4. The standard InChI is InChI=1S/C19H21NO3/c1-3-19(18(22)23,16-7-5-4-6-8-16)20-17(21)13-15-11-9-14(2)10-12-15/h4-12H,3,13H2,1-2H3,(H,20,21)(H,22,23). The van der Waals surface area contributed by atoms with Gasteiger partial charge < -0.3 is 10.4 Å². The number of aliphatic carboxylic acids is 1. The SMILES string of the molecule is CCC(NC(=O)Cc1ccc(C)cc1)(C(=O)O)c1ccccc1. The Morgan fingerprint density at radius 3 is 2.17 bits per heavy atom. The highest BCUT2D eigenvalue weighted by Crippen LogP contribution is 2.25. The summed E-state index contributed by atoms with van der Waals surface area (Å²) in [4.78, 5) is 24.2. The van der Waals surface area contributed by atoms with Gasteiger partial charge in [-0.2, -0.15) is 0 Å². The van der Waals surface area contributed by atoms with Crippen molar-refractivity contribution in [3.8, 4) is 0 Å². The van der Waals surface area contributed by atoms with Crippen LogP contribution in [0.5, 0.6) is 0 Å². The molecule has 0 aliphatic heterocycles. The van der Waals surface area contributed by atoms with Gasteiger partial charge in [0.05, 0.1) is 6.42 Å².